The zero-order valence-electron chi connectivity index (χ0n) is 15.8. The van der Waals surface area contributed by atoms with Gasteiger partial charge >= 0.3 is 0 Å². The molecule has 0 bridgehead atoms. The first-order chi connectivity index (χ1) is 14.1. The Balaban J connectivity index is 1.94. The summed E-state index contributed by atoms with van der Waals surface area (Å²) in [6, 6.07) is 11.6. The number of ether oxygens (including phenoxy) is 2. The maximum Gasteiger partial charge on any atom is 0.255 e. The minimum absolute atomic E-state index is 0.0204. The standard InChI is InChI=1S/C20H20N4O5/c1-28-18-8-16(20(27)24-10-15(26)7-14(24)11-25)17(22-23-21)9-19(18)29-12-13-5-3-2-4-6-13/h2-6,8-9,11,14-15,26H,7,10,12H2,1H3/t14-,15+/m0/s1. The molecule has 1 saturated heterocycles. The summed E-state index contributed by atoms with van der Waals surface area (Å²) in [5.74, 6) is 0.0567. The normalized spacial score (nSPS) is 18.1. The van der Waals surface area contributed by atoms with E-state index in [2.05, 4.69) is 10.0 Å². The van der Waals surface area contributed by atoms with Crippen LogP contribution < -0.4 is 9.47 Å². The fraction of sp³-hybridized carbons (Fsp3) is 0.300. The van der Waals surface area contributed by atoms with Crippen LogP contribution >= 0.6 is 0 Å². The number of benzene rings is 2. The van der Waals surface area contributed by atoms with Crippen LogP contribution in [0.1, 0.15) is 22.3 Å². The molecule has 2 aromatic rings. The molecule has 150 valence electrons. The van der Waals surface area contributed by atoms with E-state index < -0.39 is 18.1 Å². The molecule has 1 amide bonds. The predicted molar refractivity (Wildman–Crippen MR) is 104 cm³/mol. The lowest BCUT2D eigenvalue weighted by Crippen LogP contribution is -2.36. The average molecular weight is 396 g/mol. The van der Waals surface area contributed by atoms with Crippen LogP contribution in [0.25, 0.3) is 10.4 Å². The van der Waals surface area contributed by atoms with Crippen molar-refractivity contribution in [3.05, 3.63) is 64.0 Å². The quantitative estimate of drug-likeness (QED) is 0.333. The Morgan fingerprint density at radius 1 is 1.34 bits per heavy atom. The molecule has 2 atom stereocenters. The highest BCUT2D eigenvalue weighted by Crippen LogP contribution is 2.37. The zero-order chi connectivity index (χ0) is 20.8. The van der Waals surface area contributed by atoms with Crippen molar-refractivity contribution in [3.63, 3.8) is 0 Å². The molecule has 0 radical (unpaired) electrons. The zero-order valence-corrected chi connectivity index (χ0v) is 15.8. The Morgan fingerprint density at radius 3 is 2.76 bits per heavy atom. The van der Waals surface area contributed by atoms with Gasteiger partial charge in [0.2, 0.25) is 0 Å². The van der Waals surface area contributed by atoms with Gasteiger partial charge in [0.25, 0.3) is 5.91 Å². The molecule has 2 aromatic carbocycles. The molecule has 0 unspecified atom stereocenters. The lowest BCUT2D eigenvalue weighted by Gasteiger charge is -2.22. The maximum atomic E-state index is 13.0. The topological polar surface area (TPSA) is 125 Å². The van der Waals surface area contributed by atoms with Gasteiger partial charge in [-0.3, -0.25) is 4.79 Å². The van der Waals surface area contributed by atoms with Crippen molar-refractivity contribution in [2.75, 3.05) is 13.7 Å². The van der Waals surface area contributed by atoms with Gasteiger partial charge in [0.1, 0.15) is 12.9 Å². The number of aldehydes is 1. The third-order valence-corrected chi connectivity index (χ3v) is 4.64. The summed E-state index contributed by atoms with van der Waals surface area (Å²) >= 11 is 0. The van der Waals surface area contributed by atoms with Gasteiger partial charge in [-0.25, -0.2) is 0 Å². The maximum absolute atomic E-state index is 13.0. The van der Waals surface area contributed by atoms with E-state index in [0.717, 1.165) is 5.56 Å². The predicted octanol–water partition coefficient (Wildman–Crippen LogP) is 2.99. The number of nitrogens with zero attached hydrogens (tertiary/aromatic N) is 4. The van der Waals surface area contributed by atoms with E-state index in [1.54, 1.807) is 0 Å². The first kappa shape index (κ1) is 20.2. The fourth-order valence-corrected chi connectivity index (χ4v) is 3.22. The molecule has 0 saturated carbocycles. The number of β-amino-alcohol motifs (C(OH)–C–C–N with tert-alkyl or cyclic N) is 1. The number of amides is 1. The van der Waals surface area contributed by atoms with Gasteiger partial charge < -0.3 is 24.3 Å². The van der Waals surface area contributed by atoms with Gasteiger partial charge in [-0.2, -0.15) is 0 Å². The Hall–Kier alpha value is -3.55. The summed E-state index contributed by atoms with van der Waals surface area (Å²) in [7, 11) is 1.43. The van der Waals surface area contributed by atoms with Crippen LogP contribution in [-0.4, -0.2) is 48.0 Å². The van der Waals surface area contributed by atoms with E-state index in [-0.39, 0.29) is 36.6 Å². The minimum Gasteiger partial charge on any atom is -0.493 e. The van der Waals surface area contributed by atoms with Crippen molar-refractivity contribution in [3.8, 4) is 11.5 Å². The van der Waals surface area contributed by atoms with Crippen LogP contribution in [0.3, 0.4) is 0 Å². The Bertz CT molecular complexity index is 943. The van der Waals surface area contributed by atoms with Crippen LogP contribution in [-0.2, 0) is 11.4 Å². The number of aliphatic hydroxyl groups excluding tert-OH is 1. The lowest BCUT2D eigenvalue weighted by molar-refractivity contribution is -0.111. The molecule has 3 rings (SSSR count). The van der Waals surface area contributed by atoms with Gasteiger partial charge in [-0.15, -0.1) is 0 Å². The number of carbonyl (C=O) groups excluding carboxylic acids is 2. The van der Waals surface area contributed by atoms with Gasteiger partial charge in [0.15, 0.2) is 11.5 Å². The second-order valence-electron chi connectivity index (χ2n) is 6.53. The van der Waals surface area contributed by atoms with Crippen LogP contribution in [0.15, 0.2) is 47.6 Å². The number of azide groups is 1. The van der Waals surface area contributed by atoms with Crippen molar-refractivity contribution >= 4 is 17.9 Å². The minimum atomic E-state index is -0.785. The van der Waals surface area contributed by atoms with E-state index in [1.807, 2.05) is 30.3 Å². The molecule has 1 aliphatic heterocycles. The van der Waals surface area contributed by atoms with Gasteiger partial charge in [-0.1, -0.05) is 35.4 Å². The molecule has 1 heterocycles. The molecule has 0 spiro atoms. The van der Waals surface area contributed by atoms with Crippen molar-refractivity contribution in [1.82, 2.24) is 4.90 Å². The number of carbonyl (C=O) groups is 2. The van der Waals surface area contributed by atoms with Crippen LogP contribution in [0.2, 0.25) is 0 Å². The number of likely N-dealkylation sites (tertiary alicyclic amines) is 1. The Morgan fingerprint density at radius 2 is 2.10 bits per heavy atom. The smallest absolute Gasteiger partial charge is 0.255 e. The average Bonchev–Trinajstić information content (AvgIpc) is 3.13. The van der Waals surface area contributed by atoms with E-state index in [1.165, 1.54) is 24.1 Å². The monoisotopic (exact) mass is 396 g/mol. The van der Waals surface area contributed by atoms with E-state index >= 15 is 0 Å². The van der Waals surface area contributed by atoms with Gasteiger partial charge in [0, 0.05) is 17.9 Å². The molecule has 29 heavy (non-hydrogen) atoms. The van der Waals surface area contributed by atoms with Gasteiger partial charge in [-0.05, 0) is 23.2 Å². The summed E-state index contributed by atoms with van der Waals surface area (Å²) in [6.45, 7) is 0.276. The first-order valence-corrected chi connectivity index (χ1v) is 8.95. The van der Waals surface area contributed by atoms with Crippen LogP contribution in [0, 0.1) is 0 Å². The molecule has 0 aliphatic carbocycles. The summed E-state index contributed by atoms with van der Waals surface area (Å²) in [5, 5.41) is 13.4. The third-order valence-electron chi connectivity index (χ3n) is 4.64. The lowest BCUT2D eigenvalue weighted by atomic mass is 10.1. The highest BCUT2D eigenvalue weighted by molar-refractivity contribution is 6.01. The number of methoxy groups -OCH3 is 1. The highest BCUT2D eigenvalue weighted by atomic mass is 16.5. The van der Waals surface area contributed by atoms with Crippen molar-refractivity contribution in [2.45, 2.75) is 25.2 Å². The summed E-state index contributed by atoms with van der Waals surface area (Å²) < 4.78 is 11.1. The molecular formula is C20H20N4O5. The third kappa shape index (κ3) is 4.48. The van der Waals surface area contributed by atoms with Crippen molar-refractivity contribution in [1.29, 1.82) is 0 Å². The largest absolute Gasteiger partial charge is 0.493 e. The van der Waals surface area contributed by atoms with Crippen molar-refractivity contribution < 1.29 is 24.2 Å². The van der Waals surface area contributed by atoms with E-state index in [9.17, 15) is 14.7 Å². The van der Waals surface area contributed by atoms with E-state index in [0.29, 0.717) is 12.0 Å². The number of rotatable bonds is 7. The van der Waals surface area contributed by atoms with E-state index in [4.69, 9.17) is 15.0 Å². The second kappa shape index (κ2) is 9.09. The summed E-state index contributed by atoms with van der Waals surface area (Å²) in [6.07, 6.45) is 0.00433. The highest BCUT2D eigenvalue weighted by Gasteiger charge is 2.35. The molecule has 1 aliphatic rings. The molecule has 0 aromatic heterocycles. The SMILES string of the molecule is COc1cc(C(=O)N2C[C@H](O)C[C@H]2C=O)c(N=[N+]=[N-])cc1OCc1ccccc1. The fourth-order valence-electron chi connectivity index (χ4n) is 3.22. The molecule has 9 heteroatoms. The summed E-state index contributed by atoms with van der Waals surface area (Å²) in [4.78, 5) is 28.3. The molecule has 1 N–H and O–H groups in total. The second-order valence-corrected chi connectivity index (χ2v) is 6.53. The summed E-state index contributed by atoms with van der Waals surface area (Å²) in [5.41, 5.74) is 9.96. The number of hydrogen-bond donors (Lipinski definition) is 1. The van der Waals surface area contributed by atoms with Gasteiger partial charge in [0.05, 0.1) is 30.5 Å². The number of aliphatic hydroxyl groups is 1. The molecule has 9 nitrogen and oxygen atoms in total. The molecular weight excluding hydrogens is 376 g/mol. The van der Waals surface area contributed by atoms with Crippen LogP contribution in [0.4, 0.5) is 5.69 Å². The van der Waals surface area contributed by atoms with Crippen molar-refractivity contribution in [2.24, 2.45) is 5.11 Å². The Labute approximate surface area is 167 Å². The Kier molecular flexibility index (Phi) is 6.33. The van der Waals surface area contributed by atoms with Crippen LogP contribution in [0.5, 0.6) is 11.5 Å². The first-order valence-electron chi connectivity index (χ1n) is 8.95. The molecule has 1 fully saturated rings. The number of hydrogen-bond acceptors (Lipinski definition) is 6.